The summed E-state index contributed by atoms with van der Waals surface area (Å²) in [6.07, 6.45) is 13.7. The first kappa shape index (κ1) is 27.2. The van der Waals surface area contributed by atoms with Gasteiger partial charge < -0.3 is 24.7 Å². The number of aromatic nitrogens is 3. The molecule has 4 heterocycles. The first-order valence-electron chi connectivity index (χ1n) is 14.5. The van der Waals surface area contributed by atoms with Gasteiger partial charge in [-0.3, -0.25) is 4.98 Å². The molecular weight excluding hydrogens is 488 g/mol. The van der Waals surface area contributed by atoms with Crippen LogP contribution >= 0.6 is 0 Å². The van der Waals surface area contributed by atoms with Crippen molar-refractivity contribution in [1.29, 1.82) is 0 Å². The maximum Gasteiger partial charge on any atom is 0.231 e. The lowest BCUT2D eigenvalue weighted by Gasteiger charge is -2.28. The smallest absolute Gasteiger partial charge is 0.231 e. The molecule has 8 heteroatoms. The fourth-order valence-corrected chi connectivity index (χ4v) is 5.68. The highest BCUT2D eigenvalue weighted by molar-refractivity contribution is 5.86. The second-order valence-electron chi connectivity index (χ2n) is 10.9. The van der Waals surface area contributed by atoms with Crippen molar-refractivity contribution in [3.63, 3.8) is 0 Å². The van der Waals surface area contributed by atoms with Crippen molar-refractivity contribution < 1.29 is 9.15 Å². The van der Waals surface area contributed by atoms with Gasteiger partial charge in [-0.15, -0.1) is 0 Å². The summed E-state index contributed by atoms with van der Waals surface area (Å²) in [5.41, 5.74) is 3.84. The lowest BCUT2D eigenvalue weighted by Crippen LogP contribution is -2.37. The summed E-state index contributed by atoms with van der Waals surface area (Å²) in [7, 11) is 1.90. The van der Waals surface area contributed by atoms with Crippen LogP contribution in [0.4, 0.5) is 11.8 Å². The third kappa shape index (κ3) is 6.44. The Morgan fingerprint density at radius 1 is 1.10 bits per heavy atom. The average Bonchev–Trinajstić information content (AvgIpc) is 3.32. The van der Waals surface area contributed by atoms with Crippen LogP contribution in [0, 0.1) is 11.8 Å². The van der Waals surface area contributed by atoms with Gasteiger partial charge >= 0.3 is 0 Å². The van der Waals surface area contributed by atoms with Crippen LogP contribution < -0.4 is 15.5 Å². The van der Waals surface area contributed by atoms with Gasteiger partial charge in [0.1, 0.15) is 17.1 Å². The molecular formula is C31H42N6O2. The number of rotatable bonds is 8. The summed E-state index contributed by atoms with van der Waals surface area (Å²) >= 11 is 0. The minimum absolute atomic E-state index is 0.419. The third-order valence-electron chi connectivity index (χ3n) is 8.18. The van der Waals surface area contributed by atoms with Crippen molar-refractivity contribution in [3.8, 4) is 0 Å². The quantitative estimate of drug-likeness (QED) is 0.257. The second kappa shape index (κ2) is 12.6. The molecule has 3 atom stereocenters. The molecule has 208 valence electrons. The fraction of sp³-hybridized carbons (Fsp3) is 0.516. The van der Waals surface area contributed by atoms with Crippen LogP contribution in [0.1, 0.15) is 70.1 Å². The SMILES string of the molecule is CC/C=C(\C=C(/NC)Nc1nc(N2CCOCC2)c2oc(C3CCCC(C)C(C)C3)cc2n1)c1ccncc1. The van der Waals surface area contributed by atoms with Gasteiger partial charge in [0.15, 0.2) is 11.4 Å². The molecule has 3 aromatic rings. The van der Waals surface area contributed by atoms with E-state index in [0.717, 1.165) is 77.9 Å². The molecule has 39 heavy (non-hydrogen) atoms. The van der Waals surface area contributed by atoms with Crippen molar-refractivity contribution in [3.05, 3.63) is 59.9 Å². The van der Waals surface area contributed by atoms with E-state index in [0.29, 0.717) is 31.0 Å². The molecule has 2 aliphatic rings. The lowest BCUT2D eigenvalue weighted by molar-refractivity contribution is 0.122. The van der Waals surface area contributed by atoms with Gasteiger partial charge in [0.2, 0.25) is 5.95 Å². The van der Waals surface area contributed by atoms with Crippen LogP contribution in [0.5, 0.6) is 0 Å². The molecule has 1 aliphatic heterocycles. The molecule has 0 aromatic carbocycles. The zero-order valence-electron chi connectivity index (χ0n) is 23.7. The number of anilines is 2. The Labute approximate surface area is 232 Å². The van der Waals surface area contributed by atoms with Crippen LogP contribution in [0.25, 0.3) is 16.7 Å². The van der Waals surface area contributed by atoms with Crippen LogP contribution in [-0.4, -0.2) is 48.3 Å². The fourth-order valence-electron chi connectivity index (χ4n) is 5.68. The molecule has 0 amide bonds. The van der Waals surface area contributed by atoms with E-state index in [2.05, 4.69) is 59.5 Å². The van der Waals surface area contributed by atoms with Crippen molar-refractivity contribution in [2.75, 3.05) is 43.6 Å². The number of pyridine rings is 1. The van der Waals surface area contributed by atoms with E-state index in [1.54, 1.807) is 0 Å². The van der Waals surface area contributed by atoms with Crippen LogP contribution in [-0.2, 0) is 4.74 Å². The van der Waals surface area contributed by atoms with E-state index in [9.17, 15) is 0 Å². The lowest BCUT2D eigenvalue weighted by atomic mass is 9.88. The van der Waals surface area contributed by atoms with Gasteiger partial charge in [0, 0.05) is 44.5 Å². The van der Waals surface area contributed by atoms with E-state index in [4.69, 9.17) is 19.1 Å². The summed E-state index contributed by atoms with van der Waals surface area (Å²) in [5, 5.41) is 6.73. The third-order valence-corrected chi connectivity index (χ3v) is 8.18. The summed E-state index contributed by atoms with van der Waals surface area (Å²) in [6, 6.07) is 6.20. The molecule has 8 nitrogen and oxygen atoms in total. The number of nitrogens with zero attached hydrogens (tertiary/aromatic N) is 4. The van der Waals surface area contributed by atoms with Crippen LogP contribution in [0.3, 0.4) is 0 Å². The Kier molecular flexibility index (Phi) is 8.81. The van der Waals surface area contributed by atoms with Gasteiger partial charge in [-0.1, -0.05) is 39.7 Å². The van der Waals surface area contributed by atoms with E-state index < -0.39 is 0 Å². The number of ether oxygens (including phenoxy) is 1. The molecule has 3 aromatic heterocycles. The number of nitrogens with one attached hydrogen (secondary N) is 2. The summed E-state index contributed by atoms with van der Waals surface area (Å²) in [5.74, 6) is 5.09. The van der Waals surface area contributed by atoms with Gasteiger partial charge in [0.05, 0.1) is 13.2 Å². The van der Waals surface area contributed by atoms with Crippen molar-refractivity contribution >= 4 is 28.4 Å². The Hall–Kier alpha value is -3.39. The topological polar surface area (TPSA) is 88.3 Å². The Bertz CT molecular complexity index is 1300. The molecule has 0 spiro atoms. The van der Waals surface area contributed by atoms with Gasteiger partial charge in [0.25, 0.3) is 0 Å². The van der Waals surface area contributed by atoms with Crippen molar-refractivity contribution in [2.24, 2.45) is 11.8 Å². The predicted molar refractivity (Wildman–Crippen MR) is 158 cm³/mol. The van der Waals surface area contributed by atoms with Gasteiger partial charge in [-0.25, -0.2) is 4.98 Å². The Balaban J connectivity index is 1.50. The maximum absolute atomic E-state index is 6.59. The highest BCUT2D eigenvalue weighted by Gasteiger charge is 2.28. The molecule has 3 unspecified atom stereocenters. The number of fused-ring (bicyclic) bond motifs is 1. The van der Waals surface area contributed by atoms with Crippen LogP contribution in [0.2, 0.25) is 0 Å². The van der Waals surface area contributed by atoms with E-state index >= 15 is 0 Å². The van der Waals surface area contributed by atoms with Crippen LogP contribution in [0.15, 0.2) is 53.0 Å². The van der Waals surface area contributed by atoms with Gasteiger partial charge in [-0.2, -0.15) is 4.98 Å². The number of hydrogen-bond donors (Lipinski definition) is 2. The minimum atomic E-state index is 0.419. The molecule has 1 saturated heterocycles. The maximum atomic E-state index is 6.59. The number of allylic oxidation sites excluding steroid dienone is 3. The minimum Gasteiger partial charge on any atom is -0.455 e. The molecule has 2 fully saturated rings. The number of furan rings is 1. The molecule has 1 saturated carbocycles. The zero-order valence-corrected chi connectivity index (χ0v) is 23.7. The summed E-state index contributed by atoms with van der Waals surface area (Å²) < 4.78 is 12.2. The zero-order chi connectivity index (χ0) is 27.2. The van der Waals surface area contributed by atoms with E-state index in [1.165, 1.54) is 12.8 Å². The second-order valence-corrected chi connectivity index (χ2v) is 10.9. The monoisotopic (exact) mass is 530 g/mol. The van der Waals surface area contributed by atoms with E-state index in [-0.39, 0.29) is 0 Å². The average molecular weight is 531 g/mol. The highest BCUT2D eigenvalue weighted by Crippen LogP contribution is 2.40. The van der Waals surface area contributed by atoms with Crippen molar-refractivity contribution in [2.45, 2.75) is 58.8 Å². The predicted octanol–water partition coefficient (Wildman–Crippen LogP) is 6.35. The van der Waals surface area contributed by atoms with Gasteiger partial charge in [-0.05, 0) is 60.4 Å². The summed E-state index contributed by atoms with van der Waals surface area (Å²) in [4.78, 5) is 16.3. The van der Waals surface area contributed by atoms with Crippen molar-refractivity contribution in [1.82, 2.24) is 20.3 Å². The standard InChI is InChI=1S/C31H42N6O2/c1-5-7-24(23-10-12-33-13-11-23)19-28(32-4)35-31-34-26-20-27(25-9-6-8-21(2)22(3)18-25)39-29(26)30(36-31)37-14-16-38-17-15-37/h7,10-13,19-22,25,32H,5-6,8-9,14-18H2,1-4H3,(H,34,35,36)/b24-7+,28-19+. The number of morpholine rings is 1. The Morgan fingerprint density at radius 2 is 1.90 bits per heavy atom. The normalized spacial score (nSPS) is 23.1. The molecule has 0 radical (unpaired) electrons. The molecule has 0 bridgehead atoms. The number of hydrogen-bond acceptors (Lipinski definition) is 8. The first-order chi connectivity index (χ1) is 19.1. The first-order valence-corrected chi connectivity index (χ1v) is 14.5. The molecule has 5 rings (SSSR count). The largest absolute Gasteiger partial charge is 0.455 e. The molecule has 1 aliphatic carbocycles. The summed E-state index contributed by atoms with van der Waals surface area (Å²) in [6.45, 7) is 9.82. The Morgan fingerprint density at radius 3 is 2.64 bits per heavy atom. The van der Waals surface area contributed by atoms with E-state index in [1.807, 2.05) is 31.6 Å². The molecule has 2 N–H and O–H groups in total. The highest BCUT2D eigenvalue weighted by atomic mass is 16.5.